The predicted molar refractivity (Wildman–Crippen MR) is 210 cm³/mol. The molecular weight excluding hydrogens is 741 g/mol. The average molecular weight is 773 g/mol. The van der Waals surface area contributed by atoms with E-state index in [0.29, 0.717) is 69.6 Å². The van der Waals surface area contributed by atoms with Crippen LogP contribution in [0.4, 0.5) is 0 Å². The number of carbonyl (C=O) groups is 4. The Morgan fingerprint density at radius 1 is 0.448 bits per heavy atom. The average Bonchev–Trinajstić information content (AvgIpc) is 3.29. The van der Waals surface area contributed by atoms with Crippen molar-refractivity contribution in [2.45, 2.75) is 13.2 Å². The summed E-state index contributed by atoms with van der Waals surface area (Å²) in [4.78, 5) is 74.4. The van der Waals surface area contributed by atoms with E-state index in [9.17, 15) is 19.2 Å². The molecule has 0 bridgehead atoms. The topological polar surface area (TPSA) is 183 Å². The largest absolute Gasteiger partial charge is 0.465 e. The maximum Gasteiger partial charge on any atom is 0.337 e. The van der Waals surface area contributed by atoms with Crippen LogP contribution in [-0.4, -0.2) is 69.0 Å². The zero-order valence-corrected chi connectivity index (χ0v) is 31.1. The lowest BCUT2D eigenvalue weighted by Crippen LogP contribution is -2.03. The third-order valence-electron chi connectivity index (χ3n) is 8.90. The van der Waals surface area contributed by atoms with Crippen LogP contribution >= 0.6 is 0 Å². The molecule has 58 heavy (non-hydrogen) atoms. The lowest BCUT2D eigenvalue weighted by atomic mass is 9.97. The van der Waals surface area contributed by atoms with E-state index in [1.165, 1.54) is 26.6 Å². The first-order valence-corrected chi connectivity index (χ1v) is 17.6. The van der Waals surface area contributed by atoms with E-state index in [-0.39, 0.29) is 13.2 Å². The molecule has 7 rings (SSSR count). The number of pyridine rings is 6. The Hall–Kier alpha value is -8.00. The second kappa shape index (κ2) is 17.6. The summed E-state index contributed by atoms with van der Waals surface area (Å²) >= 11 is 0. The van der Waals surface area contributed by atoms with E-state index in [1.807, 2.05) is 48.5 Å². The first-order chi connectivity index (χ1) is 28.3. The highest BCUT2D eigenvalue weighted by Gasteiger charge is 2.17. The summed E-state index contributed by atoms with van der Waals surface area (Å²) in [6.45, 7) is 0.928. The molecule has 286 valence electrons. The summed E-state index contributed by atoms with van der Waals surface area (Å²) < 4.78 is 19.8. The molecule has 0 aliphatic heterocycles. The Morgan fingerprint density at radius 3 is 1.14 bits per heavy atom. The summed E-state index contributed by atoms with van der Waals surface area (Å²) in [5, 5.41) is 0. The molecule has 0 saturated carbocycles. The smallest absolute Gasteiger partial charge is 0.337 e. The fourth-order valence-electron chi connectivity index (χ4n) is 6.07. The van der Waals surface area contributed by atoms with Crippen LogP contribution in [0.3, 0.4) is 0 Å². The van der Waals surface area contributed by atoms with Gasteiger partial charge in [0.25, 0.3) is 12.9 Å². The molecule has 1 aromatic carbocycles. The minimum atomic E-state index is -0.517. The predicted octanol–water partition coefficient (Wildman–Crippen LogP) is 6.98. The van der Waals surface area contributed by atoms with Crippen LogP contribution in [0.25, 0.3) is 67.8 Å². The second-order valence-corrected chi connectivity index (χ2v) is 12.6. The summed E-state index contributed by atoms with van der Waals surface area (Å²) in [7, 11) is 2.61. The van der Waals surface area contributed by atoms with Gasteiger partial charge in [0, 0.05) is 24.8 Å². The van der Waals surface area contributed by atoms with E-state index < -0.39 is 11.9 Å². The zero-order valence-electron chi connectivity index (χ0n) is 31.1. The van der Waals surface area contributed by atoms with E-state index in [4.69, 9.17) is 28.9 Å². The normalized spacial score (nSPS) is 10.7. The maximum atomic E-state index is 12.4. The van der Waals surface area contributed by atoms with Crippen LogP contribution < -0.4 is 0 Å². The molecule has 6 heterocycles. The van der Waals surface area contributed by atoms with Crippen molar-refractivity contribution in [1.82, 2.24) is 29.9 Å². The molecule has 0 amide bonds. The van der Waals surface area contributed by atoms with Crippen molar-refractivity contribution < 1.29 is 38.1 Å². The molecule has 0 N–H and O–H groups in total. The number of esters is 2. The fourth-order valence-corrected chi connectivity index (χ4v) is 6.07. The third-order valence-corrected chi connectivity index (χ3v) is 8.90. The van der Waals surface area contributed by atoms with Gasteiger partial charge in [-0.1, -0.05) is 24.3 Å². The van der Waals surface area contributed by atoms with Crippen LogP contribution in [0.5, 0.6) is 0 Å². The Bertz CT molecular complexity index is 2500. The molecule has 14 heteroatoms. The molecule has 0 aliphatic rings. The van der Waals surface area contributed by atoms with Gasteiger partial charge in [-0.15, -0.1) is 0 Å². The number of benzene rings is 1. The molecule has 0 saturated heterocycles. The Kier molecular flexibility index (Phi) is 11.6. The van der Waals surface area contributed by atoms with Gasteiger partial charge in [0.15, 0.2) is 0 Å². The fraction of sp³-hybridized carbons (Fsp3) is 0.0909. The van der Waals surface area contributed by atoms with Gasteiger partial charge in [-0.05, 0) is 106 Å². The molecule has 0 atom stereocenters. The van der Waals surface area contributed by atoms with Gasteiger partial charge in [0.1, 0.15) is 13.2 Å². The summed E-state index contributed by atoms with van der Waals surface area (Å²) in [5.41, 5.74) is 9.29. The third kappa shape index (κ3) is 8.76. The number of aromatic nitrogens is 6. The molecule has 7 aromatic rings. The first-order valence-electron chi connectivity index (χ1n) is 17.6. The van der Waals surface area contributed by atoms with Crippen LogP contribution in [-0.2, 0) is 41.8 Å². The highest BCUT2D eigenvalue weighted by Crippen LogP contribution is 2.34. The number of hydrogen-bond donors (Lipinski definition) is 0. The van der Waals surface area contributed by atoms with Crippen LogP contribution in [0.2, 0.25) is 0 Å². The summed E-state index contributed by atoms with van der Waals surface area (Å²) in [6, 6.07) is 28.8. The van der Waals surface area contributed by atoms with Crippen molar-refractivity contribution in [3.8, 4) is 67.8 Å². The van der Waals surface area contributed by atoms with Gasteiger partial charge in [0.05, 0.1) is 70.9 Å². The standard InChI is InChI=1S/C44H32N6O8/c1-55-43(53)31-9-13-47-37(17-31)41-21-34(22-42(50-41)38-18-32(10-14-48-38)44(54)56-2)30-5-3-29(4-6-30)33-19-39(35-15-27(7-11-45-35)23-57-25-51)49-40(20-33)36-16-28(8-12-46-36)24-58-26-52/h3-22,25-26H,23-24H2,1-2H3. The monoisotopic (exact) mass is 772 g/mol. The van der Waals surface area contributed by atoms with Gasteiger partial charge < -0.3 is 18.9 Å². The van der Waals surface area contributed by atoms with Gasteiger partial charge >= 0.3 is 11.9 Å². The van der Waals surface area contributed by atoms with Crippen molar-refractivity contribution >= 4 is 24.9 Å². The zero-order chi connectivity index (χ0) is 40.4. The number of ether oxygens (including phenoxy) is 4. The lowest BCUT2D eigenvalue weighted by molar-refractivity contribution is -0.130. The highest BCUT2D eigenvalue weighted by atomic mass is 16.5. The summed E-state index contributed by atoms with van der Waals surface area (Å²) in [6.07, 6.45) is 6.26. The quantitative estimate of drug-likeness (QED) is 0.0627. The minimum Gasteiger partial charge on any atom is -0.465 e. The van der Waals surface area contributed by atoms with Crippen molar-refractivity contribution in [3.63, 3.8) is 0 Å². The molecule has 0 spiro atoms. The molecule has 14 nitrogen and oxygen atoms in total. The SMILES string of the molecule is COC(=O)c1ccnc(-c2cc(-c3ccc(-c4cc(-c5cc(COC=O)ccn5)nc(-c5cc(COC=O)ccn5)c4)cc3)cc(-c3cc(C(=O)OC)ccn3)n2)c1. The van der Waals surface area contributed by atoms with Crippen molar-refractivity contribution in [1.29, 1.82) is 0 Å². The molecular formula is C44H32N6O8. The molecule has 0 aliphatic carbocycles. The minimum absolute atomic E-state index is 0.0748. The van der Waals surface area contributed by atoms with Gasteiger partial charge in [0.2, 0.25) is 0 Å². The number of nitrogens with zero attached hydrogens (tertiary/aromatic N) is 6. The number of rotatable bonds is 14. The number of methoxy groups -OCH3 is 2. The second-order valence-electron chi connectivity index (χ2n) is 12.6. The van der Waals surface area contributed by atoms with Crippen molar-refractivity contribution in [3.05, 3.63) is 144 Å². The molecule has 0 unspecified atom stereocenters. The van der Waals surface area contributed by atoms with Crippen LogP contribution in [0, 0.1) is 0 Å². The highest BCUT2D eigenvalue weighted by molar-refractivity contribution is 5.91. The van der Waals surface area contributed by atoms with Gasteiger partial charge in [-0.3, -0.25) is 29.5 Å². The summed E-state index contributed by atoms with van der Waals surface area (Å²) in [5.74, 6) is -1.03. The van der Waals surface area contributed by atoms with E-state index >= 15 is 0 Å². The van der Waals surface area contributed by atoms with E-state index in [2.05, 4.69) is 19.9 Å². The lowest BCUT2D eigenvalue weighted by Gasteiger charge is -2.12. The molecule has 0 radical (unpaired) electrons. The van der Waals surface area contributed by atoms with Crippen LogP contribution in [0.15, 0.2) is 122 Å². The Balaban J connectivity index is 1.32. The molecule has 6 aromatic heterocycles. The van der Waals surface area contributed by atoms with E-state index in [1.54, 1.807) is 60.9 Å². The van der Waals surface area contributed by atoms with Crippen molar-refractivity contribution in [2.75, 3.05) is 14.2 Å². The van der Waals surface area contributed by atoms with Crippen LogP contribution in [0.1, 0.15) is 31.8 Å². The van der Waals surface area contributed by atoms with Crippen molar-refractivity contribution in [2.24, 2.45) is 0 Å². The maximum absolute atomic E-state index is 12.4. The van der Waals surface area contributed by atoms with E-state index in [0.717, 1.165) is 33.4 Å². The Morgan fingerprint density at radius 2 is 0.793 bits per heavy atom. The number of carbonyl (C=O) groups excluding carboxylic acids is 4. The first kappa shape index (κ1) is 38.3. The molecule has 0 fully saturated rings. The van der Waals surface area contributed by atoms with Gasteiger partial charge in [-0.2, -0.15) is 0 Å². The van der Waals surface area contributed by atoms with Gasteiger partial charge in [-0.25, -0.2) is 19.6 Å². The Labute approximate surface area is 331 Å². The number of hydrogen-bond acceptors (Lipinski definition) is 14.